The number of benzene rings is 1. The molecule has 0 aliphatic rings. The van der Waals surface area contributed by atoms with E-state index in [0.717, 1.165) is 23.8 Å². The van der Waals surface area contributed by atoms with Crippen molar-refractivity contribution in [1.82, 2.24) is 5.32 Å². The summed E-state index contributed by atoms with van der Waals surface area (Å²) >= 11 is 0. The van der Waals surface area contributed by atoms with Gasteiger partial charge < -0.3 is 14.5 Å². The van der Waals surface area contributed by atoms with Crippen LogP contribution in [0.4, 0.5) is 0 Å². The molecule has 1 N–H and O–H groups in total. The first kappa shape index (κ1) is 11.7. The van der Waals surface area contributed by atoms with Crippen molar-refractivity contribution in [2.75, 3.05) is 7.05 Å². The van der Waals surface area contributed by atoms with Crippen molar-refractivity contribution in [2.45, 2.75) is 20.1 Å². The summed E-state index contributed by atoms with van der Waals surface area (Å²) in [5, 5.41) is 3.11. The number of aryl methyl sites for hydroxylation is 1. The Morgan fingerprint density at radius 1 is 1.24 bits per heavy atom. The van der Waals surface area contributed by atoms with Gasteiger partial charge in [0, 0.05) is 6.54 Å². The van der Waals surface area contributed by atoms with Crippen LogP contribution in [0.2, 0.25) is 0 Å². The van der Waals surface area contributed by atoms with Gasteiger partial charge in [-0.2, -0.15) is 0 Å². The molecule has 0 aliphatic heterocycles. The van der Waals surface area contributed by atoms with Crippen LogP contribution in [0.1, 0.15) is 17.1 Å². The smallest absolute Gasteiger partial charge is 0.146 e. The Bertz CT molecular complexity index is 477. The predicted molar refractivity (Wildman–Crippen MR) is 67.0 cm³/mol. The summed E-state index contributed by atoms with van der Waals surface area (Å²) in [5.74, 6) is 2.63. The van der Waals surface area contributed by atoms with Crippen LogP contribution in [0, 0.1) is 6.92 Å². The van der Waals surface area contributed by atoms with Crippen molar-refractivity contribution < 1.29 is 9.15 Å². The summed E-state index contributed by atoms with van der Waals surface area (Å²) in [6.07, 6.45) is 0. The molecular formula is C14H17NO2. The van der Waals surface area contributed by atoms with E-state index in [4.69, 9.17) is 9.15 Å². The third-order valence-corrected chi connectivity index (χ3v) is 2.46. The lowest BCUT2D eigenvalue weighted by atomic mass is 10.2. The molecule has 0 saturated heterocycles. The maximum Gasteiger partial charge on any atom is 0.146 e. The van der Waals surface area contributed by atoms with Crippen molar-refractivity contribution in [1.29, 1.82) is 0 Å². The molecule has 1 aromatic carbocycles. The van der Waals surface area contributed by atoms with E-state index in [1.807, 2.05) is 44.3 Å². The molecule has 0 amide bonds. The molecule has 0 atom stereocenters. The summed E-state index contributed by atoms with van der Waals surface area (Å²) in [7, 11) is 1.93. The lowest BCUT2D eigenvalue weighted by molar-refractivity contribution is 0.267. The van der Waals surface area contributed by atoms with Crippen LogP contribution in [-0.2, 0) is 13.2 Å². The third-order valence-electron chi connectivity index (χ3n) is 2.46. The Kier molecular flexibility index (Phi) is 3.83. The standard InChI is InChI=1S/C14H17NO2/c1-11-6-7-14(17-11)10-16-13-5-3-4-12(8-13)9-15-2/h3-8,15H,9-10H2,1-2H3. The Labute approximate surface area is 101 Å². The molecular weight excluding hydrogens is 214 g/mol. The number of rotatable bonds is 5. The second-order valence-electron chi connectivity index (χ2n) is 3.98. The van der Waals surface area contributed by atoms with Crippen LogP contribution >= 0.6 is 0 Å². The Morgan fingerprint density at radius 3 is 2.82 bits per heavy atom. The van der Waals surface area contributed by atoms with Gasteiger partial charge in [-0.3, -0.25) is 0 Å². The third kappa shape index (κ3) is 3.36. The minimum atomic E-state index is 0.469. The minimum absolute atomic E-state index is 0.469. The topological polar surface area (TPSA) is 34.4 Å². The first-order chi connectivity index (χ1) is 8.28. The fourth-order valence-corrected chi connectivity index (χ4v) is 1.67. The molecule has 3 nitrogen and oxygen atoms in total. The normalized spacial score (nSPS) is 10.5. The molecule has 2 aromatic rings. The zero-order chi connectivity index (χ0) is 12.1. The second-order valence-corrected chi connectivity index (χ2v) is 3.98. The highest BCUT2D eigenvalue weighted by atomic mass is 16.5. The van der Waals surface area contributed by atoms with Crippen molar-refractivity contribution >= 4 is 0 Å². The molecule has 0 saturated carbocycles. The van der Waals surface area contributed by atoms with Crippen LogP contribution in [0.15, 0.2) is 40.8 Å². The number of hydrogen-bond donors (Lipinski definition) is 1. The molecule has 90 valence electrons. The van der Waals surface area contributed by atoms with E-state index >= 15 is 0 Å². The van der Waals surface area contributed by atoms with Gasteiger partial charge in [-0.25, -0.2) is 0 Å². The van der Waals surface area contributed by atoms with Crippen LogP contribution in [0.3, 0.4) is 0 Å². The van der Waals surface area contributed by atoms with E-state index < -0.39 is 0 Å². The monoisotopic (exact) mass is 231 g/mol. The van der Waals surface area contributed by atoms with E-state index in [1.54, 1.807) is 0 Å². The minimum Gasteiger partial charge on any atom is -0.486 e. The zero-order valence-electron chi connectivity index (χ0n) is 10.2. The van der Waals surface area contributed by atoms with Crippen LogP contribution < -0.4 is 10.1 Å². The average molecular weight is 231 g/mol. The van der Waals surface area contributed by atoms with E-state index in [1.165, 1.54) is 5.56 Å². The van der Waals surface area contributed by atoms with E-state index in [-0.39, 0.29) is 0 Å². The van der Waals surface area contributed by atoms with Gasteiger partial charge in [0.25, 0.3) is 0 Å². The highest BCUT2D eigenvalue weighted by Gasteiger charge is 2.00. The van der Waals surface area contributed by atoms with Gasteiger partial charge >= 0.3 is 0 Å². The second kappa shape index (κ2) is 5.55. The summed E-state index contributed by atoms with van der Waals surface area (Å²) in [6.45, 7) is 3.24. The maximum atomic E-state index is 5.67. The Hall–Kier alpha value is -1.74. The van der Waals surface area contributed by atoms with Crippen molar-refractivity contribution in [2.24, 2.45) is 0 Å². The molecule has 0 radical (unpaired) electrons. The molecule has 0 unspecified atom stereocenters. The summed E-state index contributed by atoms with van der Waals surface area (Å²) in [4.78, 5) is 0. The molecule has 0 aliphatic carbocycles. The van der Waals surface area contributed by atoms with E-state index in [0.29, 0.717) is 6.61 Å². The molecule has 3 heteroatoms. The van der Waals surface area contributed by atoms with Gasteiger partial charge in [0.15, 0.2) is 0 Å². The molecule has 1 heterocycles. The first-order valence-electron chi connectivity index (χ1n) is 5.69. The van der Waals surface area contributed by atoms with Crippen LogP contribution in [0.5, 0.6) is 5.75 Å². The lowest BCUT2D eigenvalue weighted by Gasteiger charge is -2.06. The van der Waals surface area contributed by atoms with Crippen molar-refractivity contribution in [3.63, 3.8) is 0 Å². The molecule has 0 fully saturated rings. The summed E-state index contributed by atoms with van der Waals surface area (Å²) in [6, 6.07) is 11.9. The van der Waals surface area contributed by atoms with Gasteiger partial charge in [0.05, 0.1) is 0 Å². The van der Waals surface area contributed by atoms with E-state index in [2.05, 4.69) is 11.4 Å². The van der Waals surface area contributed by atoms with Crippen LogP contribution in [0.25, 0.3) is 0 Å². The van der Waals surface area contributed by atoms with Crippen LogP contribution in [-0.4, -0.2) is 7.05 Å². The number of hydrogen-bond acceptors (Lipinski definition) is 3. The molecule has 0 bridgehead atoms. The van der Waals surface area contributed by atoms with Gasteiger partial charge in [0.2, 0.25) is 0 Å². The summed E-state index contributed by atoms with van der Waals surface area (Å²) in [5.41, 5.74) is 1.21. The van der Waals surface area contributed by atoms with E-state index in [9.17, 15) is 0 Å². The van der Waals surface area contributed by atoms with Gasteiger partial charge in [-0.15, -0.1) is 0 Å². The highest BCUT2D eigenvalue weighted by Crippen LogP contribution is 2.16. The largest absolute Gasteiger partial charge is 0.486 e. The van der Waals surface area contributed by atoms with Crippen molar-refractivity contribution in [3.05, 3.63) is 53.5 Å². The highest BCUT2D eigenvalue weighted by molar-refractivity contribution is 5.28. The fraction of sp³-hybridized carbons (Fsp3) is 0.286. The van der Waals surface area contributed by atoms with Gasteiger partial charge in [-0.1, -0.05) is 12.1 Å². The first-order valence-corrected chi connectivity index (χ1v) is 5.69. The SMILES string of the molecule is CNCc1cccc(OCc2ccc(C)o2)c1. The molecule has 17 heavy (non-hydrogen) atoms. The number of furan rings is 1. The fourth-order valence-electron chi connectivity index (χ4n) is 1.67. The number of ether oxygens (including phenoxy) is 1. The van der Waals surface area contributed by atoms with Gasteiger partial charge in [0.1, 0.15) is 23.9 Å². The summed E-state index contributed by atoms with van der Waals surface area (Å²) < 4.78 is 11.1. The van der Waals surface area contributed by atoms with Gasteiger partial charge in [-0.05, 0) is 43.8 Å². The Balaban J connectivity index is 1.96. The molecule has 0 spiro atoms. The predicted octanol–water partition coefficient (Wildman–Crippen LogP) is 2.89. The zero-order valence-corrected chi connectivity index (χ0v) is 10.2. The molecule has 2 rings (SSSR count). The average Bonchev–Trinajstić information content (AvgIpc) is 2.74. The quantitative estimate of drug-likeness (QED) is 0.859. The number of nitrogens with one attached hydrogen (secondary N) is 1. The maximum absolute atomic E-state index is 5.67. The Morgan fingerprint density at radius 2 is 2.12 bits per heavy atom. The lowest BCUT2D eigenvalue weighted by Crippen LogP contribution is -2.05. The molecule has 1 aromatic heterocycles. The van der Waals surface area contributed by atoms with Crippen molar-refractivity contribution in [3.8, 4) is 5.75 Å².